The Labute approximate surface area is 116 Å². The van der Waals surface area contributed by atoms with Crippen LogP contribution < -0.4 is 0 Å². The Balaban J connectivity index is 2.37. The Morgan fingerprint density at radius 2 is 2.00 bits per heavy atom. The maximum atomic E-state index is 12.2. The molecule has 0 bridgehead atoms. The van der Waals surface area contributed by atoms with Gasteiger partial charge in [-0.1, -0.05) is 34.1 Å². The number of halogens is 1. The number of benzene rings is 1. The third-order valence-electron chi connectivity index (χ3n) is 2.88. The van der Waals surface area contributed by atoms with Crippen LogP contribution in [0, 0.1) is 0 Å². The summed E-state index contributed by atoms with van der Waals surface area (Å²) >= 11 is 3.48. The Morgan fingerprint density at radius 1 is 1.33 bits per heavy atom. The number of piperidine rings is 1. The van der Waals surface area contributed by atoms with E-state index in [-0.39, 0.29) is 9.72 Å². The summed E-state index contributed by atoms with van der Waals surface area (Å²) in [6, 6.07) is 8.30. The second-order valence-corrected chi connectivity index (χ2v) is 6.98. The first-order valence-electron chi connectivity index (χ1n) is 5.76. The molecule has 1 atom stereocenters. The molecule has 2 rings (SSSR count). The van der Waals surface area contributed by atoms with Crippen molar-refractivity contribution < 1.29 is 8.42 Å². The average molecular weight is 331 g/mol. The second kappa shape index (κ2) is 5.40. The fourth-order valence-electron chi connectivity index (χ4n) is 1.89. The predicted molar refractivity (Wildman–Crippen MR) is 75.6 cm³/mol. The van der Waals surface area contributed by atoms with E-state index in [2.05, 4.69) is 20.3 Å². The molecule has 4 nitrogen and oxygen atoms in total. The van der Waals surface area contributed by atoms with Crippen LogP contribution in [0.3, 0.4) is 0 Å². The number of alkyl halides is 1. The first-order chi connectivity index (χ1) is 8.50. The van der Waals surface area contributed by atoms with Crippen LogP contribution in [-0.2, 0) is 10.0 Å². The highest BCUT2D eigenvalue weighted by molar-refractivity contribution is 9.10. The first-order valence-corrected chi connectivity index (χ1v) is 8.11. The molecule has 6 heteroatoms. The molecule has 1 aliphatic rings. The molecule has 1 aromatic rings. The molecule has 1 aromatic carbocycles. The van der Waals surface area contributed by atoms with Gasteiger partial charge in [0.15, 0.2) is 0 Å². The number of rotatable bonds is 2. The van der Waals surface area contributed by atoms with E-state index in [1.807, 2.05) is 11.9 Å². The third kappa shape index (κ3) is 2.92. The standard InChI is InChI=1S/C12H15BrN2O2S/c1-15-9-5-8-11(13)12(15)14-18(16,17)10-6-3-2-4-7-10/h2-4,6-7,11H,5,8-9H2,1H3. The molecule has 0 N–H and O–H groups in total. The van der Waals surface area contributed by atoms with Gasteiger partial charge in [0.2, 0.25) is 0 Å². The lowest BCUT2D eigenvalue weighted by atomic mass is 10.1. The summed E-state index contributed by atoms with van der Waals surface area (Å²) in [6.07, 6.45) is 1.95. The maximum absolute atomic E-state index is 12.2. The van der Waals surface area contributed by atoms with Gasteiger partial charge in [0, 0.05) is 13.6 Å². The van der Waals surface area contributed by atoms with Crippen molar-refractivity contribution in [2.24, 2.45) is 4.40 Å². The summed E-state index contributed by atoms with van der Waals surface area (Å²) in [7, 11) is -1.74. The predicted octanol–water partition coefficient (Wildman–Crippen LogP) is 2.26. The van der Waals surface area contributed by atoms with Gasteiger partial charge in [0.05, 0.1) is 9.72 Å². The van der Waals surface area contributed by atoms with Crippen LogP contribution in [0.25, 0.3) is 0 Å². The molecule has 0 radical (unpaired) electrons. The van der Waals surface area contributed by atoms with Gasteiger partial charge < -0.3 is 4.90 Å². The average Bonchev–Trinajstić information content (AvgIpc) is 2.35. The molecule has 0 aliphatic carbocycles. The van der Waals surface area contributed by atoms with E-state index < -0.39 is 10.0 Å². The number of hydrogen-bond acceptors (Lipinski definition) is 2. The number of amidine groups is 1. The topological polar surface area (TPSA) is 49.7 Å². The molecule has 0 aromatic heterocycles. The van der Waals surface area contributed by atoms with E-state index in [0.29, 0.717) is 5.84 Å². The van der Waals surface area contributed by atoms with Crippen LogP contribution in [-0.4, -0.2) is 37.6 Å². The quantitative estimate of drug-likeness (QED) is 0.781. The Morgan fingerprint density at radius 3 is 2.61 bits per heavy atom. The maximum Gasteiger partial charge on any atom is 0.283 e. The van der Waals surface area contributed by atoms with Crippen LogP contribution in [0.4, 0.5) is 0 Å². The fraction of sp³-hybridized carbons (Fsp3) is 0.417. The minimum absolute atomic E-state index is 0.00902. The lowest BCUT2D eigenvalue weighted by molar-refractivity contribution is 0.440. The van der Waals surface area contributed by atoms with Gasteiger partial charge in [-0.05, 0) is 25.0 Å². The highest BCUT2D eigenvalue weighted by Crippen LogP contribution is 2.21. The Bertz CT molecular complexity index is 530. The zero-order valence-corrected chi connectivity index (χ0v) is 12.5. The number of likely N-dealkylation sites (tertiary alicyclic amines) is 1. The summed E-state index contributed by atoms with van der Waals surface area (Å²) in [5.74, 6) is 0.588. The summed E-state index contributed by atoms with van der Waals surface area (Å²) in [5, 5.41) is 0. The molecule has 1 saturated heterocycles. The highest BCUT2D eigenvalue weighted by atomic mass is 79.9. The van der Waals surface area contributed by atoms with E-state index in [1.165, 1.54) is 0 Å². The van der Waals surface area contributed by atoms with Crippen molar-refractivity contribution in [1.82, 2.24) is 4.90 Å². The third-order valence-corrected chi connectivity index (χ3v) is 5.04. The summed E-state index contributed by atoms with van der Waals surface area (Å²) < 4.78 is 28.3. The lowest BCUT2D eigenvalue weighted by Crippen LogP contribution is -2.39. The van der Waals surface area contributed by atoms with Crippen LogP contribution in [0.2, 0.25) is 0 Å². The van der Waals surface area contributed by atoms with Crippen LogP contribution in [0.15, 0.2) is 39.6 Å². The van der Waals surface area contributed by atoms with Crippen LogP contribution in [0.1, 0.15) is 12.8 Å². The number of nitrogens with zero attached hydrogens (tertiary/aromatic N) is 2. The van der Waals surface area contributed by atoms with Gasteiger partial charge in [-0.15, -0.1) is 4.40 Å². The van der Waals surface area contributed by atoms with Gasteiger partial charge in [-0.25, -0.2) is 0 Å². The van der Waals surface area contributed by atoms with E-state index in [4.69, 9.17) is 0 Å². The molecule has 0 spiro atoms. The van der Waals surface area contributed by atoms with E-state index in [1.54, 1.807) is 30.3 Å². The van der Waals surface area contributed by atoms with Crippen molar-refractivity contribution in [2.75, 3.05) is 13.6 Å². The van der Waals surface area contributed by atoms with Crippen molar-refractivity contribution in [3.8, 4) is 0 Å². The fourth-order valence-corrected chi connectivity index (χ4v) is 3.92. The van der Waals surface area contributed by atoms with Gasteiger partial charge >= 0.3 is 0 Å². The van der Waals surface area contributed by atoms with E-state index >= 15 is 0 Å². The van der Waals surface area contributed by atoms with Crippen molar-refractivity contribution in [2.45, 2.75) is 22.6 Å². The zero-order valence-electron chi connectivity index (χ0n) is 10.1. The first kappa shape index (κ1) is 13.5. The van der Waals surface area contributed by atoms with Crippen LogP contribution in [0.5, 0.6) is 0 Å². The second-order valence-electron chi connectivity index (χ2n) is 4.27. The van der Waals surface area contributed by atoms with Crippen molar-refractivity contribution in [1.29, 1.82) is 0 Å². The van der Waals surface area contributed by atoms with Gasteiger partial charge in [-0.2, -0.15) is 8.42 Å². The number of sulfonamides is 1. The smallest absolute Gasteiger partial charge is 0.283 e. The molecule has 1 heterocycles. The monoisotopic (exact) mass is 330 g/mol. The molecule has 0 amide bonds. The molecular formula is C12H15BrN2O2S. The Kier molecular flexibility index (Phi) is 4.07. The minimum atomic E-state index is -3.61. The zero-order chi connectivity index (χ0) is 13.2. The molecule has 1 aliphatic heterocycles. The van der Waals surface area contributed by atoms with Gasteiger partial charge in [0.25, 0.3) is 10.0 Å². The SMILES string of the molecule is CN1CCCC(Br)C1=NS(=O)(=O)c1ccccc1. The highest BCUT2D eigenvalue weighted by Gasteiger charge is 2.25. The van der Waals surface area contributed by atoms with Gasteiger partial charge in [-0.3, -0.25) is 0 Å². The molecular weight excluding hydrogens is 316 g/mol. The van der Waals surface area contributed by atoms with E-state index in [0.717, 1.165) is 19.4 Å². The molecule has 0 saturated carbocycles. The van der Waals surface area contributed by atoms with Gasteiger partial charge in [0.1, 0.15) is 5.84 Å². The summed E-state index contributed by atoms with van der Waals surface area (Å²) in [5.41, 5.74) is 0. The molecule has 1 fully saturated rings. The number of hydrogen-bond donors (Lipinski definition) is 0. The van der Waals surface area contributed by atoms with Crippen molar-refractivity contribution in [3.05, 3.63) is 30.3 Å². The van der Waals surface area contributed by atoms with Crippen LogP contribution >= 0.6 is 15.9 Å². The van der Waals surface area contributed by atoms with Crippen molar-refractivity contribution in [3.63, 3.8) is 0 Å². The van der Waals surface area contributed by atoms with Crippen molar-refractivity contribution >= 4 is 31.8 Å². The Hall–Kier alpha value is -0.880. The molecule has 98 valence electrons. The minimum Gasteiger partial charge on any atom is -0.361 e. The summed E-state index contributed by atoms with van der Waals surface area (Å²) in [6.45, 7) is 0.839. The normalized spacial score (nSPS) is 23.3. The largest absolute Gasteiger partial charge is 0.361 e. The summed E-state index contributed by atoms with van der Waals surface area (Å²) in [4.78, 5) is 2.13. The lowest BCUT2D eigenvalue weighted by Gasteiger charge is -2.29. The van der Waals surface area contributed by atoms with E-state index in [9.17, 15) is 8.42 Å². The molecule has 18 heavy (non-hydrogen) atoms. The molecule has 1 unspecified atom stereocenters.